The molecule has 1 atom stereocenters. The van der Waals surface area contributed by atoms with Gasteiger partial charge in [-0.05, 0) is 31.5 Å². The zero-order chi connectivity index (χ0) is 17.0. The number of rotatable bonds is 8. The van der Waals surface area contributed by atoms with Crippen LogP contribution in [0.2, 0.25) is 5.02 Å². The Morgan fingerprint density at radius 3 is 2.48 bits per heavy atom. The first-order chi connectivity index (χ1) is 11.1. The minimum absolute atomic E-state index is 0.160. The van der Waals surface area contributed by atoms with Crippen molar-refractivity contribution in [3.05, 3.63) is 28.3 Å². The van der Waals surface area contributed by atoms with Crippen molar-refractivity contribution in [2.75, 3.05) is 33.4 Å². The van der Waals surface area contributed by atoms with Gasteiger partial charge in [-0.15, -0.1) is 0 Å². The molecule has 0 fully saturated rings. The van der Waals surface area contributed by atoms with Crippen LogP contribution in [0.5, 0.6) is 5.75 Å². The summed E-state index contributed by atoms with van der Waals surface area (Å²) in [5.74, 6) is 0.445. The van der Waals surface area contributed by atoms with Gasteiger partial charge in [0.1, 0.15) is 5.75 Å². The van der Waals surface area contributed by atoms with E-state index in [0.29, 0.717) is 36.1 Å². The first-order valence-corrected chi connectivity index (χ1v) is 8.06. The van der Waals surface area contributed by atoms with Gasteiger partial charge in [0, 0.05) is 19.8 Å². The third kappa shape index (κ3) is 3.61. The van der Waals surface area contributed by atoms with Crippen molar-refractivity contribution in [1.82, 2.24) is 4.90 Å². The molecule has 0 aromatic heterocycles. The lowest BCUT2D eigenvalue weighted by Crippen LogP contribution is -2.40. The number of hydrogen-bond acceptors (Lipinski definition) is 5. The Labute approximate surface area is 141 Å². The summed E-state index contributed by atoms with van der Waals surface area (Å²) in [6.45, 7) is 5.36. The molecule has 128 valence electrons. The van der Waals surface area contributed by atoms with Crippen LogP contribution < -0.4 is 10.5 Å². The lowest BCUT2D eigenvalue weighted by Gasteiger charge is -2.28. The molecule has 1 heterocycles. The lowest BCUT2D eigenvalue weighted by molar-refractivity contribution is -0.145. The summed E-state index contributed by atoms with van der Waals surface area (Å²) >= 11 is 6.26. The van der Waals surface area contributed by atoms with Crippen molar-refractivity contribution in [3.8, 4) is 5.75 Å². The van der Waals surface area contributed by atoms with E-state index < -0.39 is 6.29 Å². The van der Waals surface area contributed by atoms with E-state index in [0.717, 1.165) is 5.56 Å². The Bertz CT molecular complexity index is 561. The number of carbonyl (C=O) groups is 1. The van der Waals surface area contributed by atoms with Gasteiger partial charge in [-0.25, -0.2) is 0 Å². The Balaban J connectivity index is 2.32. The van der Waals surface area contributed by atoms with Gasteiger partial charge in [0.2, 0.25) is 0 Å². The van der Waals surface area contributed by atoms with Gasteiger partial charge in [-0.3, -0.25) is 4.79 Å². The van der Waals surface area contributed by atoms with Gasteiger partial charge >= 0.3 is 0 Å². The molecule has 0 saturated carbocycles. The molecule has 0 radical (unpaired) electrons. The number of fused-ring (bicyclic) bond motifs is 1. The topological polar surface area (TPSA) is 74.0 Å². The molecular weight excluding hydrogens is 320 g/mol. The number of nitrogens with zero attached hydrogens (tertiary/aromatic N) is 1. The SMILES string of the molecule is CCOC(CN1C(=O)c2c(Cl)cc(OC)cc2C1CN)OCC. The number of ether oxygens (including phenoxy) is 3. The Morgan fingerprint density at radius 1 is 1.30 bits per heavy atom. The van der Waals surface area contributed by atoms with Crippen molar-refractivity contribution < 1.29 is 19.0 Å². The van der Waals surface area contributed by atoms with E-state index in [2.05, 4.69) is 0 Å². The fourth-order valence-electron chi connectivity index (χ4n) is 2.81. The standard InChI is InChI=1S/C16H23ClN2O4/c1-4-22-14(23-5-2)9-19-13(8-18)11-6-10(21-3)7-12(17)15(11)16(19)20/h6-7,13-14H,4-5,8-9,18H2,1-3H3. The van der Waals surface area contributed by atoms with Crippen molar-refractivity contribution >= 4 is 17.5 Å². The molecule has 1 aliphatic heterocycles. The van der Waals surface area contributed by atoms with Crippen LogP contribution in [-0.2, 0) is 9.47 Å². The van der Waals surface area contributed by atoms with Crippen LogP contribution in [-0.4, -0.2) is 50.5 Å². The highest BCUT2D eigenvalue weighted by atomic mass is 35.5. The zero-order valence-electron chi connectivity index (χ0n) is 13.7. The van der Waals surface area contributed by atoms with Crippen LogP contribution in [0.3, 0.4) is 0 Å². The highest BCUT2D eigenvalue weighted by Gasteiger charge is 2.39. The lowest BCUT2D eigenvalue weighted by atomic mass is 10.0. The fraction of sp³-hybridized carbons (Fsp3) is 0.562. The number of methoxy groups -OCH3 is 1. The number of amides is 1. The molecule has 0 bridgehead atoms. The highest BCUT2D eigenvalue weighted by molar-refractivity contribution is 6.34. The summed E-state index contributed by atoms with van der Waals surface area (Å²) in [7, 11) is 1.56. The molecule has 1 unspecified atom stereocenters. The van der Waals surface area contributed by atoms with Crippen LogP contribution in [0.25, 0.3) is 0 Å². The number of carbonyl (C=O) groups excluding carboxylic acids is 1. The van der Waals surface area contributed by atoms with E-state index in [4.69, 9.17) is 31.5 Å². The third-order valence-corrected chi connectivity index (χ3v) is 4.11. The molecule has 1 aliphatic rings. The molecule has 0 aliphatic carbocycles. The van der Waals surface area contributed by atoms with Crippen LogP contribution in [0, 0.1) is 0 Å². The summed E-state index contributed by atoms with van der Waals surface area (Å²) in [4.78, 5) is 14.4. The molecule has 7 heteroatoms. The Morgan fingerprint density at radius 2 is 1.96 bits per heavy atom. The summed E-state index contributed by atoms with van der Waals surface area (Å²) < 4.78 is 16.3. The van der Waals surface area contributed by atoms with Gasteiger partial charge in [0.05, 0.1) is 30.3 Å². The van der Waals surface area contributed by atoms with Gasteiger partial charge in [0.25, 0.3) is 5.91 Å². The molecule has 6 nitrogen and oxygen atoms in total. The van der Waals surface area contributed by atoms with E-state index in [-0.39, 0.29) is 18.5 Å². The van der Waals surface area contributed by atoms with Gasteiger partial charge < -0.3 is 24.8 Å². The second kappa shape index (κ2) is 7.97. The molecule has 23 heavy (non-hydrogen) atoms. The summed E-state index contributed by atoms with van der Waals surface area (Å²) in [5.41, 5.74) is 7.17. The smallest absolute Gasteiger partial charge is 0.256 e. The maximum Gasteiger partial charge on any atom is 0.256 e. The van der Waals surface area contributed by atoms with E-state index in [1.807, 2.05) is 19.9 Å². The monoisotopic (exact) mass is 342 g/mol. The molecule has 0 saturated heterocycles. The van der Waals surface area contributed by atoms with Crippen LogP contribution in [0.4, 0.5) is 0 Å². The van der Waals surface area contributed by atoms with Gasteiger partial charge in [-0.2, -0.15) is 0 Å². The second-order valence-electron chi connectivity index (χ2n) is 5.12. The van der Waals surface area contributed by atoms with Crippen LogP contribution in [0.15, 0.2) is 12.1 Å². The van der Waals surface area contributed by atoms with Gasteiger partial charge in [0.15, 0.2) is 6.29 Å². The molecule has 1 aromatic carbocycles. The largest absolute Gasteiger partial charge is 0.497 e. The molecule has 0 spiro atoms. The minimum Gasteiger partial charge on any atom is -0.497 e. The number of benzene rings is 1. The predicted molar refractivity (Wildman–Crippen MR) is 87.9 cm³/mol. The van der Waals surface area contributed by atoms with E-state index >= 15 is 0 Å². The van der Waals surface area contributed by atoms with E-state index in [1.165, 1.54) is 0 Å². The maximum atomic E-state index is 12.8. The fourth-order valence-corrected chi connectivity index (χ4v) is 3.11. The summed E-state index contributed by atoms with van der Waals surface area (Å²) in [6, 6.07) is 3.18. The minimum atomic E-state index is -0.488. The maximum absolute atomic E-state index is 12.8. The zero-order valence-corrected chi connectivity index (χ0v) is 14.4. The summed E-state index contributed by atoms with van der Waals surface area (Å²) in [6.07, 6.45) is -0.488. The average Bonchev–Trinajstić information content (AvgIpc) is 2.80. The van der Waals surface area contributed by atoms with Gasteiger partial charge in [-0.1, -0.05) is 11.6 Å². The molecular formula is C16H23ClN2O4. The molecule has 1 amide bonds. The van der Waals surface area contributed by atoms with E-state index in [1.54, 1.807) is 18.1 Å². The Hall–Kier alpha value is -1.34. The number of halogens is 1. The number of hydrogen-bond donors (Lipinski definition) is 1. The van der Waals surface area contributed by atoms with E-state index in [9.17, 15) is 4.79 Å². The van der Waals surface area contributed by atoms with Crippen LogP contribution in [0.1, 0.15) is 35.8 Å². The normalized spacial score (nSPS) is 17.0. The van der Waals surface area contributed by atoms with Crippen molar-refractivity contribution in [3.63, 3.8) is 0 Å². The van der Waals surface area contributed by atoms with Crippen molar-refractivity contribution in [2.45, 2.75) is 26.2 Å². The highest BCUT2D eigenvalue weighted by Crippen LogP contribution is 2.39. The molecule has 1 aromatic rings. The average molecular weight is 343 g/mol. The first kappa shape index (κ1) is 18.0. The predicted octanol–water partition coefficient (Wildman–Crippen LogP) is 2.20. The molecule has 2 rings (SSSR count). The quantitative estimate of drug-likeness (QED) is 0.733. The van der Waals surface area contributed by atoms with Crippen molar-refractivity contribution in [1.29, 1.82) is 0 Å². The molecule has 2 N–H and O–H groups in total. The summed E-state index contributed by atoms with van der Waals surface area (Å²) in [5, 5.41) is 0.370. The third-order valence-electron chi connectivity index (χ3n) is 3.81. The first-order valence-electron chi connectivity index (χ1n) is 7.68. The van der Waals surface area contributed by atoms with Crippen molar-refractivity contribution in [2.24, 2.45) is 5.73 Å². The Kier molecular flexibility index (Phi) is 6.24. The van der Waals surface area contributed by atoms with Crippen LogP contribution >= 0.6 is 11.6 Å². The second-order valence-corrected chi connectivity index (χ2v) is 5.53. The number of nitrogens with two attached hydrogens (primary N) is 1.